The van der Waals surface area contributed by atoms with Crippen LogP contribution in [0.3, 0.4) is 0 Å². The molecule has 0 fully saturated rings. The van der Waals surface area contributed by atoms with Crippen LogP contribution in [0.2, 0.25) is 5.02 Å². The van der Waals surface area contributed by atoms with E-state index in [-0.39, 0.29) is 16.6 Å². The summed E-state index contributed by atoms with van der Waals surface area (Å²) >= 11 is 5.90. The Balaban J connectivity index is 3.13. The first-order valence-corrected chi connectivity index (χ1v) is 7.23. The monoisotopic (exact) mass is 290 g/mol. The van der Waals surface area contributed by atoms with Gasteiger partial charge in [-0.3, -0.25) is 9.52 Å². The van der Waals surface area contributed by atoms with E-state index in [1.54, 1.807) is 13.8 Å². The SMILES string of the molecule is CNC(=O)c1ccc(Cl)c(NS(=O)(=O)C(C)C)c1. The number of sulfonamides is 1. The molecule has 0 bridgehead atoms. The van der Waals surface area contributed by atoms with Gasteiger partial charge in [0, 0.05) is 12.6 Å². The van der Waals surface area contributed by atoms with E-state index in [2.05, 4.69) is 10.0 Å². The molecule has 7 heteroatoms. The molecule has 0 spiro atoms. The normalized spacial score (nSPS) is 11.4. The van der Waals surface area contributed by atoms with Gasteiger partial charge in [-0.05, 0) is 32.0 Å². The van der Waals surface area contributed by atoms with Crippen LogP contribution < -0.4 is 10.0 Å². The van der Waals surface area contributed by atoms with Crippen molar-refractivity contribution in [2.45, 2.75) is 19.1 Å². The number of carbonyl (C=O) groups is 1. The average molecular weight is 291 g/mol. The molecule has 1 aromatic rings. The van der Waals surface area contributed by atoms with Crippen molar-refractivity contribution in [2.24, 2.45) is 0 Å². The highest BCUT2D eigenvalue weighted by Crippen LogP contribution is 2.24. The third-order valence-electron chi connectivity index (χ3n) is 2.33. The van der Waals surface area contributed by atoms with E-state index in [1.165, 1.54) is 25.2 Å². The van der Waals surface area contributed by atoms with Gasteiger partial charge in [0.1, 0.15) is 0 Å². The number of anilines is 1. The quantitative estimate of drug-likeness (QED) is 0.888. The van der Waals surface area contributed by atoms with Crippen LogP contribution in [0, 0.1) is 0 Å². The number of nitrogens with one attached hydrogen (secondary N) is 2. The van der Waals surface area contributed by atoms with Gasteiger partial charge >= 0.3 is 0 Å². The molecule has 0 aliphatic heterocycles. The van der Waals surface area contributed by atoms with E-state index in [1.807, 2.05) is 0 Å². The fourth-order valence-electron chi connectivity index (χ4n) is 1.16. The second kappa shape index (κ2) is 5.58. The van der Waals surface area contributed by atoms with Crippen LogP contribution in [0.1, 0.15) is 24.2 Å². The minimum absolute atomic E-state index is 0.200. The third kappa shape index (κ3) is 3.36. The van der Waals surface area contributed by atoms with Crippen molar-refractivity contribution in [3.63, 3.8) is 0 Å². The van der Waals surface area contributed by atoms with Crippen molar-refractivity contribution in [3.05, 3.63) is 28.8 Å². The molecule has 1 aromatic carbocycles. The Hall–Kier alpha value is -1.27. The van der Waals surface area contributed by atoms with Gasteiger partial charge in [-0.1, -0.05) is 11.6 Å². The van der Waals surface area contributed by atoms with Crippen molar-refractivity contribution >= 4 is 33.2 Å². The lowest BCUT2D eigenvalue weighted by molar-refractivity contribution is 0.0963. The lowest BCUT2D eigenvalue weighted by atomic mass is 10.2. The molecule has 0 unspecified atom stereocenters. The minimum Gasteiger partial charge on any atom is -0.355 e. The Bertz CT molecular complexity index is 555. The van der Waals surface area contributed by atoms with Crippen LogP contribution in [0.4, 0.5) is 5.69 Å². The summed E-state index contributed by atoms with van der Waals surface area (Å²) in [7, 11) is -1.99. The molecule has 0 aromatic heterocycles. The van der Waals surface area contributed by atoms with E-state index in [4.69, 9.17) is 11.6 Å². The van der Waals surface area contributed by atoms with E-state index in [9.17, 15) is 13.2 Å². The summed E-state index contributed by atoms with van der Waals surface area (Å²) < 4.78 is 25.8. The topological polar surface area (TPSA) is 75.3 Å². The number of halogens is 1. The molecule has 1 amide bonds. The summed E-state index contributed by atoms with van der Waals surface area (Å²) in [6, 6.07) is 4.40. The molecule has 5 nitrogen and oxygen atoms in total. The number of benzene rings is 1. The molecule has 100 valence electrons. The van der Waals surface area contributed by atoms with Crippen molar-refractivity contribution in [3.8, 4) is 0 Å². The number of carbonyl (C=O) groups excluding carboxylic acids is 1. The number of hydrogen-bond donors (Lipinski definition) is 2. The molecule has 18 heavy (non-hydrogen) atoms. The molecule has 0 atom stereocenters. The maximum atomic E-state index is 11.7. The Morgan fingerprint density at radius 1 is 1.33 bits per heavy atom. The second-order valence-corrected chi connectivity index (χ2v) is 6.61. The standard InChI is InChI=1S/C11H15ClN2O3S/c1-7(2)18(16,17)14-10-6-8(11(15)13-3)4-5-9(10)12/h4-7,14H,1-3H3,(H,13,15). The van der Waals surface area contributed by atoms with Crippen molar-refractivity contribution in [1.82, 2.24) is 5.32 Å². The molecule has 0 aliphatic rings. The van der Waals surface area contributed by atoms with Crippen LogP contribution in [0.25, 0.3) is 0 Å². The third-order valence-corrected chi connectivity index (χ3v) is 4.40. The largest absolute Gasteiger partial charge is 0.355 e. The first-order chi connectivity index (χ1) is 8.27. The Morgan fingerprint density at radius 2 is 1.94 bits per heavy atom. The fraction of sp³-hybridized carbons (Fsp3) is 0.364. The Kier molecular flexibility index (Phi) is 4.59. The Morgan fingerprint density at radius 3 is 2.44 bits per heavy atom. The van der Waals surface area contributed by atoms with Crippen molar-refractivity contribution in [1.29, 1.82) is 0 Å². The van der Waals surface area contributed by atoms with Crippen LogP contribution in [-0.4, -0.2) is 26.6 Å². The lowest BCUT2D eigenvalue weighted by Crippen LogP contribution is -2.23. The van der Waals surface area contributed by atoms with E-state index in [0.717, 1.165) is 0 Å². The highest BCUT2D eigenvalue weighted by molar-refractivity contribution is 7.93. The zero-order chi connectivity index (χ0) is 13.9. The van der Waals surface area contributed by atoms with E-state index < -0.39 is 15.3 Å². The molecule has 0 saturated carbocycles. The predicted molar refractivity (Wildman–Crippen MR) is 72.5 cm³/mol. The number of rotatable bonds is 4. The zero-order valence-electron chi connectivity index (χ0n) is 10.3. The van der Waals surface area contributed by atoms with Gasteiger partial charge in [0.25, 0.3) is 5.91 Å². The summed E-state index contributed by atoms with van der Waals surface area (Å²) in [4.78, 5) is 11.4. The number of amides is 1. The molecular weight excluding hydrogens is 276 g/mol. The van der Waals surface area contributed by atoms with Crippen LogP contribution in [0.15, 0.2) is 18.2 Å². The van der Waals surface area contributed by atoms with Crippen LogP contribution in [-0.2, 0) is 10.0 Å². The smallest absolute Gasteiger partial charge is 0.251 e. The van der Waals surface area contributed by atoms with Crippen molar-refractivity contribution < 1.29 is 13.2 Å². The predicted octanol–water partition coefficient (Wildman–Crippen LogP) is 1.85. The molecule has 0 radical (unpaired) electrons. The maximum Gasteiger partial charge on any atom is 0.251 e. The molecular formula is C11H15ClN2O3S. The summed E-state index contributed by atoms with van der Waals surface area (Å²) in [5.41, 5.74) is 0.537. The molecule has 0 aliphatic carbocycles. The van der Waals surface area contributed by atoms with Crippen molar-refractivity contribution in [2.75, 3.05) is 11.8 Å². The summed E-state index contributed by atoms with van der Waals surface area (Å²) in [5, 5.41) is 2.11. The minimum atomic E-state index is -3.49. The molecule has 1 rings (SSSR count). The van der Waals surface area contributed by atoms with Gasteiger partial charge in [-0.2, -0.15) is 0 Å². The molecule has 0 heterocycles. The van der Waals surface area contributed by atoms with Gasteiger partial charge in [0.05, 0.1) is 16.0 Å². The van der Waals surface area contributed by atoms with Gasteiger partial charge < -0.3 is 5.32 Å². The van der Waals surface area contributed by atoms with Gasteiger partial charge in [0.15, 0.2) is 0 Å². The van der Waals surface area contributed by atoms with Gasteiger partial charge in [-0.15, -0.1) is 0 Å². The van der Waals surface area contributed by atoms with E-state index >= 15 is 0 Å². The number of hydrogen-bond acceptors (Lipinski definition) is 3. The van der Waals surface area contributed by atoms with Crippen LogP contribution >= 0.6 is 11.6 Å². The zero-order valence-corrected chi connectivity index (χ0v) is 11.9. The highest BCUT2D eigenvalue weighted by Gasteiger charge is 2.18. The van der Waals surface area contributed by atoms with Gasteiger partial charge in [0.2, 0.25) is 10.0 Å². The lowest BCUT2D eigenvalue weighted by Gasteiger charge is -2.13. The molecule has 0 saturated heterocycles. The first kappa shape index (κ1) is 14.8. The first-order valence-electron chi connectivity index (χ1n) is 5.31. The molecule has 2 N–H and O–H groups in total. The summed E-state index contributed by atoms with van der Waals surface area (Å²) in [6.07, 6.45) is 0. The van der Waals surface area contributed by atoms with Gasteiger partial charge in [-0.25, -0.2) is 8.42 Å². The Labute approximate surface area is 112 Å². The van der Waals surface area contributed by atoms with Crippen LogP contribution in [0.5, 0.6) is 0 Å². The fourth-order valence-corrected chi connectivity index (χ4v) is 2.09. The summed E-state index contributed by atoms with van der Waals surface area (Å²) in [5.74, 6) is -0.309. The maximum absolute atomic E-state index is 11.7. The van der Waals surface area contributed by atoms with E-state index in [0.29, 0.717) is 5.56 Å². The average Bonchev–Trinajstić information content (AvgIpc) is 2.30. The summed E-state index contributed by atoms with van der Waals surface area (Å²) in [6.45, 7) is 3.11. The highest BCUT2D eigenvalue weighted by atomic mass is 35.5. The second-order valence-electron chi connectivity index (χ2n) is 3.97.